The van der Waals surface area contributed by atoms with Gasteiger partial charge in [-0.15, -0.1) is 0 Å². The van der Waals surface area contributed by atoms with Crippen molar-refractivity contribution in [2.75, 3.05) is 13.3 Å². The molecule has 0 N–H and O–H groups in total. The lowest BCUT2D eigenvalue weighted by atomic mass is 10.0. The standard InChI is InChI=1S/C16H16N2O3S/c1-18-9-13-7-12(4-5-14(13)16(18)19)15-6-3-11(8-17-15)10-22(2,20)21/h3-8H,9-10H2,1-2H3. The fourth-order valence-electron chi connectivity index (χ4n) is 2.61. The Kier molecular flexibility index (Phi) is 3.48. The van der Waals surface area contributed by atoms with Crippen molar-refractivity contribution in [3.8, 4) is 11.3 Å². The first-order chi connectivity index (χ1) is 10.3. The first-order valence-electron chi connectivity index (χ1n) is 6.85. The van der Waals surface area contributed by atoms with Crippen LogP contribution in [-0.4, -0.2) is 37.5 Å². The van der Waals surface area contributed by atoms with Crippen LogP contribution >= 0.6 is 0 Å². The maximum atomic E-state index is 11.9. The van der Waals surface area contributed by atoms with Gasteiger partial charge in [-0.25, -0.2) is 8.42 Å². The highest BCUT2D eigenvalue weighted by molar-refractivity contribution is 7.89. The fourth-order valence-corrected chi connectivity index (χ4v) is 3.39. The molecule has 114 valence electrons. The van der Waals surface area contributed by atoms with Gasteiger partial charge in [-0.1, -0.05) is 12.1 Å². The largest absolute Gasteiger partial charge is 0.337 e. The summed E-state index contributed by atoms with van der Waals surface area (Å²) in [5, 5.41) is 0. The number of sulfone groups is 1. The van der Waals surface area contributed by atoms with Crippen molar-refractivity contribution in [1.82, 2.24) is 9.88 Å². The summed E-state index contributed by atoms with van der Waals surface area (Å²) in [7, 11) is -1.28. The summed E-state index contributed by atoms with van der Waals surface area (Å²) >= 11 is 0. The minimum absolute atomic E-state index is 0.0102. The Morgan fingerprint density at radius 3 is 2.64 bits per heavy atom. The Labute approximate surface area is 129 Å². The summed E-state index contributed by atoms with van der Waals surface area (Å²) in [5.41, 5.74) is 4.09. The molecule has 3 rings (SSSR count). The number of nitrogens with zero attached hydrogens (tertiary/aromatic N) is 2. The quantitative estimate of drug-likeness (QED) is 0.867. The SMILES string of the molecule is CN1Cc2cc(-c3ccc(CS(C)(=O)=O)cn3)ccc2C1=O. The first kappa shape index (κ1) is 14.7. The van der Waals surface area contributed by atoms with E-state index in [4.69, 9.17) is 0 Å². The van der Waals surface area contributed by atoms with Gasteiger partial charge < -0.3 is 4.90 Å². The van der Waals surface area contributed by atoms with Crippen molar-refractivity contribution in [2.45, 2.75) is 12.3 Å². The van der Waals surface area contributed by atoms with Crippen LogP contribution in [0.4, 0.5) is 0 Å². The molecule has 1 amide bonds. The van der Waals surface area contributed by atoms with Crippen LogP contribution < -0.4 is 0 Å². The zero-order valence-electron chi connectivity index (χ0n) is 12.4. The molecule has 0 saturated heterocycles. The van der Waals surface area contributed by atoms with E-state index in [0.29, 0.717) is 12.1 Å². The van der Waals surface area contributed by atoms with Gasteiger partial charge >= 0.3 is 0 Å². The van der Waals surface area contributed by atoms with E-state index in [2.05, 4.69) is 4.98 Å². The van der Waals surface area contributed by atoms with Crippen LogP contribution in [0.15, 0.2) is 36.5 Å². The molecular weight excluding hydrogens is 300 g/mol. The van der Waals surface area contributed by atoms with E-state index in [0.717, 1.165) is 22.4 Å². The van der Waals surface area contributed by atoms with E-state index >= 15 is 0 Å². The molecule has 5 nitrogen and oxygen atoms in total. The molecule has 2 aromatic rings. The molecule has 6 heteroatoms. The molecule has 0 aliphatic carbocycles. The van der Waals surface area contributed by atoms with Crippen LogP contribution in [0.3, 0.4) is 0 Å². The van der Waals surface area contributed by atoms with Crippen LogP contribution in [0.1, 0.15) is 21.5 Å². The summed E-state index contributed by atoms with van der Waals surface area (Å²) in [6.45, 7) is 0.605. The summed E-state index contributed by atoms with van der Waals surface area (Å²) in [4.78, 5) is 17.9. The molecule has 0 saturated carbocycles. The molecule has 22 heavy (non-hydrogen) atoms. The Morgan fingerprint density at radius 2 is 2.00 bits per heavy atom. The first-order valence-corrected chi connectivity index (χ1v) is 8.91. The second-order valence-electron chi connectivity index (χ2n) is 5.65. The normalized spacial score (nSPS) is 14.3. The predicted molar refractivity (Wildman–Crippen MR) is 84.0 cm³/mol. The molecular formula is C16H16N2O3S. The summed E-state index contributed by atoms with van der Waals surface area (Å²) in [6, 6.07) is 9.24. The van der Waals surface area contributed by atoms with Gasteiger partial charge in [0.25, 0.3) is 5.91 Å². The highest BCUT2D eigenvalue weighted by atomic mass is 32.2. The molecule has 1 aliphatic rings. The number of benzene rings is 1. The molecule has 1 aromatic heterocycles. The van der Waals surface area contributed by atoms with Gasteiger partial charge in [0.15, 0.2) is 9.84 Å². The lowest BCUT2D eigenvalue weighted by Gasteiger charge is -2.05. The van der Waals surface area contributed by atoms with E-state index < -0.39 is 9.84 Å². The Bertz CT molecular complexity index is 842. The minimum atomic E-state index is -3.06. The van der Waals surface area contributed by atoms with Gasteiger partial charge in [0.2, 0.25) is 0 Å². The Morgan fingerprint density at radius 1 is 1.23 bits per heavy atom. The van der Waals surface area contributed by atoms with Crippen LogP contribution in [-0.2, 0) is 22.1 Å². The zero-order chi connectivity index (χ0) is 15.9. The van der Waals surface area contributed by atoms with E-state index in [1.165, 1.54) is 6.26 Å². The fraction of sp³-hybridized carbons (Fsp3) is 0.250. The van der Waals surface area contributed by atoms with Gasteiger partial charge in [0.1, 0.15) is 0 Å². The molecule has 0 fully saturated rings. The van der Waals surface area contributed by atoms with Gasteiger partial charge in [-0.2, -0.15) is 0 Å². The molecule has 0 atom stereocenters. The molecule has 1 aromatic carbocycles. The second-order valence-corrected chi connectivity index (χ2v) is 7.80. The average Bonchev–Trinajstić information content (AvgIpc) is 2.73. The monoisotopic (exact) mass is 316 g/mol. The molecule has 0 radical (unpaired) electrons. The lowest BCUT2D eigenvalue weighted by molar-refractivity contribution is 0.0816. The average molecular weight is 316 g/mol. The van der Waals surface area contributed by atoms with Crippen molar-refractivity contribution >= 4 is 15.7 Å². The summed E-state index contributed by atoms with van der Waals surface area (Å²) < 4.78 is 22.6. The van der Waals surface area contributed by atoms with Crippen LogP contribution in [0.2, 0.25) is 0 Å². The maximum absolute atomic E-state index is 11.9. The smallest absolute Gasteiger partial charge is 0.254 e. The van der Waals surface area contributed by atoms with E-state index in [1.54, 1.807) is 24.2 Å². The third-order valence-electron chi connectivity index (χ3n) is 3.64. The van der Waals surface area contributed by atoms with Crippen LogP contribution in [0.25, 0.3) is 11.3 Å². The Hall–Kier alpha value is -2.21. The van der Waals surface area contributed by atoms with Crippen molar-refractivity contribution in [2.24, 2.45) is 0 Å². The topological polar surface area (TPSA) is 67.3 Å². The predicted octanol–water partition coefficient (Wildman–Crippen LogP) is 1.88. The number of aromatic nitrogens is 1. The molecule has 0 spiro atoms. The Balaban J connectivity index is 1.90. The zero-order valence-corrected chi connectivity index (χ0v) is 13.2. The number of pyridine rings is 1. The second kappa shape index (κ2) is 5.21. The molecule has 1 aliphatic heterocycles. The van der Waals surface area contributed by atoms with Gasteiger partial charge in [-0.3, -0.25) is 9.78 Å². The summed E-state index contributed by atoms with van der Waals surface area (Å²) in [5.74, 6) is 0.0297. The van der Waals surface area contributed by atoms with E-state index in [9.17, 15) is 13.2 Å². The number of hydrogen-bond acceptors (Lipinski definition) is 4. The van der Waals surface area contributed by atoms with Crippen molar-refractivity contribution in [3.05, 3.63) is 53.2 Å². The van der Waals surface area contributed by atoms with Gasteiger partial charge in [-0.05, 0) is 29.3 Å². The van der Waals surface area contributed by atoms with E-state index in [-0.39, 0.29) is 11.7 Å². The van der Waals surface area contributed by atoms with Crippen molar-refractivity contribution in [3.63, 3.8) is 0 Å². The number of carbonyl (C=O) groups is 1. The van der Waals surface area contributed by atoms with Gasteiger partial charge in [0, 0.05) is 37.2 Å². The third-order valence-corrected chi connectivity index (χ3v) is 4.50. The van der Waals surface area contributed by atoms with Crippen molar-refractivity contribution in [1.29, 1.82) is 0 Å². The highest BCUT2D eigenvalue weighted by Gasteiger charge is 2.24. The van der Waals surface area contributed by atoms with Crippen molar-refractivity contribution < 1.29 is 13.2 Å². The molecule has 0 bridgehead atoms. The third kappa shape index (κ3) is 2.87. The van der Waals surface area contributed by atoms with E-state index in [1.807, 2.05) is 24.3 Å². The maximum Gasteiger partial charge on any atom is 0.254 e. The number of amides is 1. The molecule has 0 unspecified atom stereocenters. The van der Waals surface area contributed by atoms with Crippen LogP contribution in [0.5, 0.6) is 0 Å². The number of rotatable bonds is 3. The number of hydrogen-bond donors (Lipinski definition) is 0. The molecule has 2 heterocycles. The minimum Gasteiger partial charge on any atom is -0.337 e. The van der Waals surface area contributed by atoms with Crippen LogP contribution in [0, 0.1) is 0 Å². The highest BCUT2D eigenvalue weighted by Crippen LogP contribution is 2.27. The van der Waals surface area contributed by atoms with Gasteiger partial charge in [0.05, 0.1) is 11.4 Å². The number of fused-ring (bicyclic) bond motifs is 1. The lowest BCUT2D eigenvalue weighted by Crippen LogP contribution is -2.17. The number of carbonyl (C=O) groups excluding carboxylic acids is 1. The summed E-state index contributed by atoms with van der Waals surface area (Å²) in [6.07, 6.45) is 2.79.